The fraction of sp³-hybridized carbons (Fsp3) is 0.316. The van der Waals surface area contributed by atoms with E-state index < -0.39 is 23.4 Å². The van der Waals surface area contributed by atoms with Gasteiger partial charge in [0.25, 0.3) is 5.91 Å². The Morgan fingerprint density at radius 2 is 1.93 bits per heavy atom. The van der Waals surface area contributed by atoms with E-state index in [0.717, 1.165) is 25.0 Å². The average molecular weight is 391 g/mol. The Morgan fingerprint density at radius 3 is 2.67 bits per heavy atom. The SMILES string of the molecule is O=C(CNC(=O)c1cccnc1SC1CCCC1)Nc1ccc(F)c(F)c1. The molecule has 5 nitrogen and oxygen atoms in total. The number of halogens is 2. The highest BCUT2D eigenvalue weighted by molar-refractivity contribution is 7.99. The lowest BCUT2D eigenvalue weighted by atomic mass is 10.2. The summed E-state index contributed by atoms with van der Waals surface area (Å²) in [6.07, 6.45) is 6.24. The molecule has 0 atom stereocenters. The van der Waals surface area contributed by atoms with Gasteiger partial charge in [0.2, 0.25) is 5.91 Å². The Balaban J connectivity index is 1.57. The van der Waals surface area contributed by atoms with Crippen LogP contribution in [0.3, 0.4) is 0 Å². The molecule has 0 bridgehead atoms. The van der Waals surface area contributed by atoms with Crippen LogP contribution in [0, 0.1) is 11.6 Å². The molecular formula is C19H19F2N3O2S. The minimum atomic E-state index is -1.05. The van der Waals surface area contributed by atoms with E-state index in [1.54, 1.807) is 30.1 Å². The highest BCUT2D eigenvalue weighted by Crippen LogP contribution is 2.35. The molecule has 8 heteroatoms. The molecule has 0 radical (unpaired) electrons. The number of amides is 2. The zero-order valence-corrected chi connectivity index (χ0v) is 15.3. The van der Waals surface area contributed by atoms with Crippen molar-refractivity contribution in [1.82, 2.24) is 10.3 Å². The molecule has 2 aromatic rings. The number of hydrogen-bond donors (Lipinski definition) is 2. The lowest BCUT2D eigenvalue weighted by Gasteiger charge is -2.12. The van der Waals surface area contributed by atoms with Crippen LogP contribution in [0.5, 0.6) is 0 Å². The van der Waals surface area contributed by atoms with Crippen molar-refractivity contribution in [3.05, 3.63) is 53.7 Å². The minimum Gasteiger partial charge on any atom is -0.343 e. The molecule has 27 heavy (non-hydrogen) atoms. The quantitative estimate of drug-likeness (QED) is 0.787. The van der Waals surface area contributed by atoms with E-state index in [1.165, 1.54) is 18.9 Å². The van der Waals surface area contributed by atoms with Gasteiger partial charge in [0, 0.05) is 23.2 Å². The van der Waals surface area contributed by atoms with Crippen LogP contribution in [0.1, 0.15) is 36.0 Å². The van der Waals surface area contributed by atoms with Crippen molar-refractivity contribution < 1.29 is 18.4 Å². The summed E-state index contributed by atoms with van der Waals surface area (Å²) >= 11 is 1.60. The molecule has 3 rings (SSSR count). The number of pyridine rings is 1. The normalized spacial score (nSPS) is 14.1. The van der Waals surface area contributed by atoms with Gasteiger partial charge in [0.1, 0.15) is 5.03 Å². The molecule has 1 aliphatic rings. The smallest absolute Gasteiger partial charge is 0.254 e. The first-order chi connectivity index (χ1) is 13.0. The number of nitrogens with one attached hydrogen (secondary N) is 2. The summed E-state index contributed by atoms with van der Waals surface area (Å²) in [4.78, 5) is 28.7. The molecule has 1 aromatic carbocycles. The Hall–Kier alpha value is -2.48. The number of hydrogen-bond acceptors (Lipinski definition) is 4. The summed E-state index contributed by atoms with van der Waals surface area (Å²) < 4.78 is 26.1. The molecule has 0 saturated heterocycles. The number of aromatic nitrogens is 1. The number of nitrogens with zero attached hydrogens (tertiary/aromatic N) is 1. The maximum absolute atomic E-state index is 13.2. The molecule has 0 unspecified atom stereocenters. The molecule has 0 spiro atoms. The van der Waals surface area contributed by atoms with Crippen molar-refractivity contribution in [3.63, 3.8) is 0 Å². The summed E-state index contributed by atoms with van der Waals surface area (Å²) in [5, 5.41) is 6.06. The number of carbonyl (C=O) groups excluding carboxylic acids is 2. The molecule has 2 N–H and O–H groups in total. The van der Waals surface area contributed by atoms with Gasteiger partial charge in [-0.15, -0.1) is 11.8 Å². The maximum Gasteiger partial charge on any atom is 0.254 e. The molecule has 1 aliphatic carbocycles. The van der Waals surface area contributed by atoms with Gasteiger partial charge in [-0.3, -0.25) is 9.59 Å². The van der Waals surface area contributed by atoms with Gasteiger partial charge in [0.15, 0.2) is 11.6 Å². The van der Waals surface area contributed by atoms with E-state index in [0.29, 0.717) is 15.8 Å². The third kappa shape index (κ3) is 5.26. The number of thioether (sulfide) groups is 1. The molecule has 1 fully saturated rings. The van der Waals surface area contributed by atoms with E-state index in [9.17, 15) is 18.4 Å². The van der Waals surface area contributed by atoms with E-state index >= 15 is 0 Å². The van der Waals surface area contributed by atoms with Crippen molar-refractivity contribution in [1.29, 1.82) is 0 Å². The van der Waals surface area contributed by atoms with Crippen LogP contribution in [0.4, 0.5) is 14.5 Å². The average Bonchev–Trinajstić information content (AvgIpc) is 3.16. The van der Waals surface area contributed by atoms with Crippen molar-refractivity contribution >= 4 is 29.3 Å². The monoisotopic (exact) mass is 391 g/mol. The predicted molar refractivity (Wildman–Crippen MR) is 99.7 cm³/mol. The van der Waals surface area contributed by atoms with Gasteiger partial charge in [-0.05, 0) is 37.1 Å². The van der Waals surface area contributed by atoms with Crippen molar-refractivity contribution in [3.8, 4) is 0 Å². The van der Waals surface area contributed by atoms with Crippen LogP contribution < -0.4 is 10.6 Å². The van der Waals surface area contributed by atoms with Crippen LogP contribution in [-0.2, 0) is 4.79 Å². The summed E-state index contributed by atoms with van der Waals surface area (Å²) in [5.41, 5.74) is 0.544. The Bertz CT molecular complexity index is 841. The zero-order chi connectivity index (χ0) is 19.2. The summed E-state index contributed by atoms with van der Waals surface area (Å²) in [6, 6.07) is 6.40. The minimum absolute atomic E-state index is 0.118. The van der Waals surface area contributed by atoms with Gasteiger partial charge in [-0.1, -0.05) is 12.8 Å². The van der Waals surface area contributed by atoms with Gasteiger partial charge in [-0.2, -0.15) is 0 Å². The Labute approximate surface area is 159 Å². The Kier molecular flexibility index (Phi) is 6.39. The molecule has 2 amide bonds. The van der Waals surface area contributed by atoms with Crippen LogP contribution in [-0.4, -0.2) is 28.6 Å². The second-order valence-corrected chi connectivity index (χ2v) is 7.53. The topological polar surface area (TPSA) is 71.1 Å². The lowest BCUT2D eigenvalue weighted by Crippen LogP contribution is -2.33. The van der Waals surface area contributed by atoms with Crippen LogP contribution in [0.2, 0.25) is 0 Å². The van der Waals surface area contributed by atoms with Crippen molar-refractivity contribution in [2.45, 2.75) is 36.0 Å². The maximum atomic E-state index is 13.2. The zero-order valence-electron chi connectivity index (χ0n) is 14.5. The van der Waals surface area contributed by atoms with Crippen molar-refractivity contribution in [2.75, 3.05) is 11.9 Å². The first-order valence-electron chi connectivity index (χ1n) is 8.67. The Morgan fingerprint density at radius 1 is 1.15 bits per heavy atom. The van der Waals surface area contributed by atoms with Crippen molar-refractivity contribution in [2.24, 2.45) is 0 Å². The number of carbonyl (C=O) groups is 2. The third-order valence-electron chi connectivity index (χ3n) is 4.21. The fourth-order valence-corrected chi connectivity index (χ4v) is 4.15. The van der Waals surface area contributed by atoms with Crippen LogP contribution in [0.25, 0.3) is 0 Å². The molecule has 1 aromatic heterocycles. The molecule has 0 aliphatic heterocycles. The first-order valence-corrected chi connectivity index (χ1v) is 9.55. The molecule has 142 valence electrons. The lowest BCUT2D eigenvalue weighted by molar-refractivity contribution is -0.115. The van der Waals surface area contributed by atoms with Gasteiger partial charge < -0.3 is 10.6 Å². The number of benzene rings is 1. The highest BCUT2D eigenvalue weighted by Gasteiger charge is 2.21. The standard InChI is InChI=1S/C19H19F2N3O2S/c20-15-8-7-12(10-16(15)21)24-17(25)11-23-18(26)14-6-3-9-22-19(14)27-13-4-1-2-5-13/h3,6-10,13H,1-2,4-5,11H2,(H,23,26)(H,24,25). The van der Waals surface area contributed by atoms with Gasteiger partial charge in [0.05, 0.1) is 12.1 Å². The van der Waals surface area contributed by atoms with Gasteiger partial charge in [-0.25, -0.2) is 13.8 Å². The van der Waals surface area contributed by atoms with Crippen LogP contribution in [0.15, 0.2) is 41.6 Å². The largest absolute Gasteiger partial charge is 0.343 e. The van der Waals surface area contributed by atoms with E-state index in [1.807, 2.05) is 0 Å². The highest BCUT2D eigenvalue weighted by atomic mass is 32.2. The first kappa shape index (κ1) is 19.3. The fourth-order valence-electron chi connectivity index (χ4n) is 2.86. The third-order valence-corrected chi connectivity index (χ3v) is 5.56. The predicted octanol–water partition coefficient (Wildman–Crippen LogP) is 3.76. The molecular weight excluding hydrogens is 372 g/mol. The molecule has 1 saturated carbocycles. The van der Waals surface area contributed by atoms with Gasteiger partial charge >= 0.3 is 0 Å². The second-order valence-electron chi connectivity index (χ2n) is 6.24. The van der Waals surface area contributed by atoms with E-state index in [4.69, 9.17) is 0 Å². The van der Waals surface area contributed by atoms with E-state index in [-0.39, 0.29) is 12.2 Å². The molecule has 1 heterocycles. The summed E-state index contributed by atoms with van der Waals surface area (Å²) in [5.74, 6) is -2.99. The van der Waals surface area contributed by atoms with Crippen LogP contribution >= 0.6 is 11.8 Å². The summed E-state index contributed by atoms with van der Waals surface area (Å²) in [7, 11) is 0. The summed E-state index contributed by atoms with van der Waals surface area (Å²) in [6.45, 7) is -0.291. The number of rotatable bonds is 6. The number of anilines is 1. The van der Waals surface area contributed by atoms with E-state index in [2.05, 4.69) is 15.6 Å². The second kappa shape index (κ2) is 8.94.